The third kappa shape index (κ3) is 5.02. The first-order chi connectivity index (χ1) is 15.2. The molecule has 4 rings (SSSR count). The summed E-state index contributed by atoms with van der Waals surface area (Å²) in [6, 6.07) is 21.2. The molecule has 1 N–H and O–H groups in total. The van der Waals surface area contributed by atoms with E-state index in [1.54, 1.807) is 12.4 Å². The maximum absolute atomic E-state index is 8.96. The number of hydrazone groups is 1. The van der Waals surface area contributed by atoms with Gasteiger partial charge in [0.15, 0.2) is 5.11 Å². The minimum Gasteiger partial charge on any atom is -0.368 e. The van der Waals surface area contributed by atoms with Gasteiger partial charge >= 0.3 is 0 Å². The average molecular weight is 428 g/mol. The van der Waals surface area contributed by atoms with Crippen LogP contribution in [0, 0.1) is 11.3 Å². The highest BCUT2D eigenvalue weighted by Crippen LogP contribution is 2.17. The summed E-state index contributed by atoms with van der Waals surface area (Å²) in [5.41, 5.74) is 6.90. The van der Waals surface area contributed by atoms with Crippen molar-refractivity contribution in [1.29, 1.82) is 5.26 Å². The van der Waals surface area contributed by atoms with Crippen LogP contribution >= 0.6 is 12.2 Å². The van der Waals surface area contributed by atoms with Gasteiger partial charge in [0.05, 0.1) is 23.0 Å². The van der Waals surface area contributed by atoms with Crippen LogP contribution in [0.25, 0.3) is 0 Å². The quantitative estimate of drug-likeness (QED) is 0.390. The predicted octanol–water partition coefficient (Wildman–Crippen LogP) is 2.80. The summed E-state index contributed by atoms with van der Waals surface area (Å²) in [5.74, 6) is 0. The van der Waals surface area contributed by atoms with E-state index in [2.05, 4.69) is 36.4 Å². The molecule has 31 heavy (non-hydrogen) atoms. The van der Waals surface area contributed by atoms with E-state index >= 15 is 0 Å². The van der Waals surface area contributed by atoms with E-state index in [9.17, 15) is 0 Å². The normalized spacial score (nSPS) is 13.3. The molecule has 0 amide bonds. The number of rotatable bonds is 4. The number of piperazine rings is 1. The predicted molar refractivity (Wildman–Crippen MR) is 125 cm³/mol. The van der Waals surface area contributed by atoms with E-state index in [0.29, 0.717) is 16.4 Å². The highest BCUT2D eigenvalue weighted by atomic mass is 32.1. The number of anilines is 1. The molecule has 1 aliphatic rings. The second-order valence-electron chi connectivity index (χ2n) is 6.94. The summed E-state index contributed by atoms with van der Waals surface area (Å²) in [7, 11) is 0. The third-order valence-electron chi connectivity index (χ3n) is 5.01. The fraction of sp³-hybridized carbons (Fsp3) is 0.174. The molecule has 3 aromatic rings. The Morgan fingerprint density at radius 1 is 0.903 bits per heavy atom. The first-order valence-corrected chi connectivity index (χ1v) is 10.4. The number of thiocarbonyl (C=S) groups is 1. The van der Waals surface area contributed by atoms with Gasteiger partial charge in [-0.2, -0.15) is 10.4 Å². The maximum Gasteiger partial charge on any atom is 0.189 e. The standard InChI is InChI=1S/C23H21N7S/c24-17-18-7-9-19(10-8-18)29-13-15-30(16-14-29)23(31)28-27-22(20-5-1-3-11-25-20)21-6-2-4-12-26-21/h1-12H,13-16H2,(H,28,31). The zero-order valence-corrected chi connectivity index (χ0v) is 17.7. The van der Waals surface area contributed by atoms with Crippen molar-refractivity contribution in [2.75, 3.05) is 31.1 Å². The van der Waals surface area contributed by atoms with Crippen LogP contribution in [0.15, 0.2) is 78.2 Å². The molecule has 1 saturated heterocycles. The van der Waals surface area contributed by atoms with Crippen LogP contribution < -0.4 is 10.3 Å². The molecule has 0 aliphatic carbocycles. The van der Waals surface area contributed by atoms with Crippen molar-refractivity contribution in [3.8, 4) is 6.07 Å². The lowest BCUT2D eigenvalue weighted by Crippen LogP contribution is -2.51. The van der Waals surface area contributed by atoms with Gasteiger partial charge in [0.2, 0.25) is 0 Å². The van der Waals surface area contributed by atoms with Crippen LogP contribution in [0.1, 0.15) is 17.0 Å². The summed E-state index contributed by atoms with van der Waals surface area (Å²) in [6.07, 6.45) is 3.46. The van der Waals surface area contributed by atoms with E-state index in [-0.39, 0.29) is 0 Å². The summed E-state index contributed by atoms with van der Waals surface area (Å²) in [6.45, 7) is 3.24. The van der Waals surface area contributed by atoms with Gasteiger partial charge in [-0.15, -0.1) is 0 Å². The number of hydrogen-bond acceptors (Lipinski definition) is 6. The SMILES string of the molecule is N#Cc1ccc(N2CCN(C(=S)NN=C(c3ccccn3)c3ccccn3)CC2)cc1. The van der Waals surface area contributed by atoms with Crippen molar-refractivity contribution in [2.24, 2.45) is 5.10 Å². The number of benzene rings is 1. The Bertz CT molecular complexity index is 1040. The Morgan fingerprint density at radius 2 is 1.52 bits per heavy atom. The van der Waals surface area contributed by atoms with E-state index in [4.69, 9.17) is 17.5 Å². The van der Waals surface area contributed by atoms with Crippen molar-refractivity contribution in [3.63, 3.8) is 0 Å². The molecule has 0 bridgehead atoms. The number of nitrogens with one attached hydrogen (secondary N) is 1. The molecule has 154 valence electrons. The lowest BCUT2D eigenvalue weighted by molar-refractivity contribution is 0.381. The van der Waals surface area contributed by atoms with Crippen molar-refractivity contribution >= 4 is 28.7 Å². The molecule has 0 spiro atoms. The molecule has 1 fully saturated rings. The lowest BCUT2D eigenvalue weighted by Gasteiger charge is -2.37. The molecule has 0 saturated carbocycles. The molecule has 8 heteroatoms. The fourth-order valence-corrected chi connectivity index (χ4v) is 3.57. The molecule has 3 heterocycles. The zero-order chi connectivity index (χ0) is 21.5. The molecule has 1 aliphatic heterocycles. The van der Waals surface area contributed by atoms with E-state index in [1.807, 2.05) is 60.7 Å². The molecule has 2 aromatic heterocycles. The second-order valence-corrected chi connectivity index (χ2v) is 7.33. The Labute approximate surface area is 186 Å². The fourth-order valence-electron chi connectivity index (χ4n) is 3.34. The minimum absolute atomic E-state index is 0.573. The Hall–Kier alpha value is -3.83. The first kappa shape index (κ1) is 20.4. The summed E-state index contributed by atoms with van der Waals surface area (Å²) >= 11 is 5.59. The topological polar surface area (TPSA) is 80.4 Å². The van der Waals surface area contributed by atoms with Crippen LogP contribution in [0.4, 0.5) is 5.69 Å². The van der Waals surface area contributed by atoms with Crippen molar-refractivity contribution < 1.29 is 0 Å². The Balaban J connectivity index is 1.41. The summed E-state index contributed by atoms with van der Waals surface area (Å²) in [5, 5.41) is 14.1. The number of nitrogens with zero attached hydrogens (tertiary/aromatic N) is 6. The molecule has 1 aromatic carbocycles. The molecule has 7 nitrogen and oxygen atoms in total. The monoisotopic (exact) mass is 427 g/mol. The van der Waals surface area contributed by atoms with Crippen LogP contribution in [0.3, 0.4) is 0 Å². The molecule has 0 unspecified atom stereocenters. The summed E-state index contributed by atoms with van der Waals surface area (Å²) < 4.78 is 0. The third-order valence-corrected chi connectivity index (χ3v) is 5.36. The van der Waals surface area contributed by atoms with Gasteiger partial charge in [-0.05, 0) is 60.7 Å². The van der Waals surface area contributed by atoms with E-state index in [1.165, 1.54) is 0 Å². The number of pyridine rings is 2. The maximum atomic E-state index is 8.96. The first-order valence-electron chi connectivity index (χ1n) is 9.95. The van der Waals surface area contributed by atoms with Gasteiger partial charge in [0.1, 0.15) is 5.71 Å². The van der Waals surface area contributed by atoms with Crippen molar-refractivity contribution in [1.82, 2.24) is 20.3 Å². The molecular weight excluding hydrogens is 406 g/mol. The highest BCUT2D eigenvalue weighted by molar-refractivity contribution is 7.80. The highest BCUT2D eigenvalue weighted by Gasteiger charge is 2.19. The number of nitriles is 1. The number of aromatic nitrogens is 2. The lowest BCUT2D eigenvalue weighted by atomic mass is 10.1. The summed E-state index contributed by atoms with van der Waals surface area (Å²) in [4.78, 5) is 13.2. The largest absolute Gasteiger partial charge is 0.368 e. The number of hydrogen-bond donors (Lipinski definition) is 1. The molecule has 0 radical (unpaired) electrons. The van der Waals surface area contributed by atoms with Gasteiger partial charge in [0, 0.05) is 44.3 Å². The zero-order valence-electron chi connectivity index (χ0n) is 16.8. The average Bonchev–Trinajstić information content (AvgIpc) is 2.85. The van der Waals surface area contributed by atoms with Gasteiger partial charge in [-0.3, -0.25) is 15.4 Å². The van der Waals surface area contributed by atoms with Crippen LogP contribution in [0.5, 0.6) is 0 Å². The van der Waals surface area contributed by atoms with Gasteiger partial charge in [-0.25, -0.2) is 0 Å². The van der Waals surface area contributed by atoms with Crippen molar-refractivity contribution in [2.45, 2.75) is 0 Å². The van der Waals surface area contributed by atoms with Crippen LogP contribution in [-0.2, 0) is 0 Å². The van der Waals surface area contributed by atoms with Crippen molar-refractivity contribution in [3.05, 3.63) is 90.0 Å². The van der Waals surface area contributed by atoms with Gasteiger partial charge < -0.3 is 9.80 Å². The van der Waals surface area contributed by atoms with Gasteiger partial charge in [0.25, 0.3) is 0 Å². The molecule has 0 atom stereocenters. The smallest absolute Gasteiger partial charge is 0.189 e. The van der Waals surface area contributed by atoms with E-state index < -0.39 is 0 Å². The van der Waals surface area contributed by atoms with Crippen LogP contribution in [-0.4, -0.2) is 51.9 Å². The Morgan fingerprint density at radius 3 is 2.03 bits per heavy atom. The second kappa shape index (κ2) is 9.78. The van der Waals surface area contributed by atoms with Gasteiger partial charge in [-0.1, -0.05) is 12.1 Å². The Kier molecular flexibility index (Phi) is 6.45. The van der Waals surface area contributed by atoms with Crippen LogP contribution in [0.2, 0.25) is 0 Å². The molecular formula is C23H21N7S. The minimum atomic E-state index is 0.573. The van der Waals surface area contributed by atoms with E-state index in [0.717, 1.165) is 43.3 Å².